The van der Waals surface area contributed by atoms with Crippen molar-refractivity contribution in [1.82, 2.24) is 25.3 Å². The van der Waals surface area contributed by atoms with E-state index in [1.807, 2.05) is 12.1 Å². The Labute approximate surface area is 245 Å². The van der Waals surface area contributed by atoms with Crippen molar-refractivity contribution in [3.05, 3.63) is 46.2 Å². The molecular formula is C31H37N7O4. The monoisotopic (exact) mass is 571 g/mol. The first kappa shape index (κ1) is 27.1. The number of aromatic nitrogens is 3. The van der Waals surface area contributed by atoms with Crippen LogP contribution in [0.3, 0.4) is 0 Å². The van der Waals surface area contributed by atoms with Gasteiger partial charge in [0.2, 0.25) is 11.8 Å². The molecule has 4 heterocycles. The zero-order valence-electron chi connectivity index (χ0n) is 24.2. The van der Waals surface area contributed by atoms with Gasteiger partial charge in [-0.25, -0.2) is 0 Å². The number of hydrogen-bond donors (Lipinski definition) is 3. The van der Waals surface area contributed by atoms with Crippen LogP contribution >= 0.6 is 0 Å². The number of likely N-dealkylation sites (tertiary alicyclic amines) is 1. The summed E-state index contributed by atoms with van der Waals surface area (Å²) < 4.78 is 18.6. The van der Waals surface area contributed by atoms with Gasteiger partial charge in [-0.15, -0.1) is 0 Å². The first-order valence-corrected chi connectivity index (χ1v) is 14.9. The van der Waals surface area contributed by atoms with Crippen LogP contribution in [0.15, 0.2) is 22.7 Å². The van der Waals surface area contributed by atoms with E-state index in [-0.39, 0.29) is 12.7 Å². The number of likely N-dealkylation sites (N-methyl/N-ethyl adjacent to an activating group) is 1. The van der Waals surface area contributed by atoms with Gasteiger partial charge < -0.3 is 30.2 Å². The molecule has 2 aliphatic heterocycles. The molecular weight excluding hydrogens is 534 g/mol. The number of anilines is 1. The van der Waals surface area contributed by atoms with E-state index in [0.717, 1.165) is 73.9 Å². The summed E-state index contributed by atoms with van der Waals surface area (Å²) in [4.78, 5) is 11.8. The van der Waals surface area contributed by atoms with Crippen molar-refractivity contribution < 1.29 is 19.1 Å². The third kappa shape index (κ3) is 4.40. The normalized spacial score (nSPS) is 25.0. The van der Waals surface area contributed by atoms with Crippen LogP contribution in [0.1, 0.15) is 67.0 Å². The average Bonchev–Trinajstić information content (AvgIpc) is 3.69. The van der Waals surface area contributed by atoms with E-state index in [1.165, 1.54) is 0 Å². The van der Waals surface area contributed by atoms with Gasteiger partial charge in [0.15, 0.2) is 17.3 Å². The average molecular weight is 572 g/mol. The summed E-state index contributed by atoms with van der Waals surface area (Å²) in [7, 11) is 2.12. The van der Waals surface area contributed by atoms with Crippen molar-refractivity contribution in [3.8, 4) is 29.3 Å². The lowest BCUT2D eigenvalue weighted by Crippen LogP contribution is -2.62. The number of nitrogen functional groups attached to an aromatic ring is 1. The number of fused-ring (bicyclic) bond motifs is 4. The standard InChI is InChI=1S/C31H37N7O4/c1-18(23-6-4-12-38(23)2)41-25-13-24(40-17-30(39)15-34-16-30)35-29(36-25)27-20-5-3-10-31(28(20)42-37-27)11-9-19-7-8-22(33)21(14-32)26(19)31/h7-8,13,18,23,34,39H,3-6,9-12,15-17,33H2,1-2H3. The Morgan fingerprint density at radius 2 is 2.07 bits per heavy atom. The number of aryl methyl sites for hydroxylation is 1. The molecule has 2 aromatic heterocycles. The predicted molar refractivity (Wildman–Crippen MR) is 154 cm³/mol. The highest BCUT2D eigenvalue weighted by atomic mass is 16.5. The van der Waals surface area contributed by atoms with Gasteiger partial charge in [-0.05, 0) is 82.7 Å². The van der Waals surface area contributed by atoms with Gasteiger partial charge in [-0.3, -0.25) is 4.90 Å². The molecule has 11 nitrogen and oxygen atoms in total. The maximum absolute atomic E-state index is 10.6. The number of nitrogens with zero attached hydrogens (tertiary/aromatic N) is 5. The maximum atomic E-state index is 10.6. The first-order valence-electron chi connectivity index (χ1n) is 14.9. The highest BCUT2D eigenvalue weighted by Gasteiger charge is 2.49. The summed E-state index contributed by atoms with van der Waals surface area (Å²) in [6.07, 6.45) is 6.32. The fourth-order valence-electron chi connectivity index (χ4n) is 7.43. The lowest BCUT2D eigenvalue weighted by atomic mass is 9.68. The van der Waals surface area contributed by atoms with E-state index in [1.54, 1.807) is 6.07 Å². The number of β-amino-alcohol motifs (C(OH)–C–C–N with tert-alkyl or cyclic N) is 1. The molecule has 2 aliphatic carbocycles. The van der Waals surface area contributed by atoms with Crippen LogP contribution in [0.5, 0.6) is 11.8 Å². The van der Waals surface area contributed by atoms with E-state index in [0.29, 0.717) is 53.7 Å². The Kier molecular flexibility index (Phi) is 6.60. The van der Waals surface area contributed by atoms with Crippen molar-refractivity contribution >= 4 is 5.69 Å². The summed E-state index contributed by atoms with van der Waals surface area (Å²) in [5.74, 6) is 1.85. The minimum Gasteiger partial charge on any atom is -0.474 e. The molecule has 4 aliphatic rings. The van der Waals surface area contributed by atoms with Gasteiger partial charge in [0.05, 0.1) is 17.0 Å². The van der Waals surface area contributed by atoms with Gasteiger partial charge in [-0.1, -0.05) is 11.2 Å². The highest BCUT2D eigenvalue weighted by Crippen LogP contribution is 2.54. The van der Waals surface area contributed by atoms with Crippen LogP contribution in [0.25, 0.3) is 11.5 Å². The summed E-state index contributed by atoms with van der Waals surface area (Å²) in [5, 5.41) is 28.3. The second-order valence-corrected chi connectivity index (χ2v) is 12.4. The van der Waals surface area contributed by atoms with Crippen molar-refractivity contribution in [2.45, 2.75) is 75.0 Å². The number of ether oxygens (including phenoxy) is 2. The third-order valence-corrected chi connectivity index (χ3v) is 9.70. The van der Waals surface area contributed by atoms with Crippen LogP contribution in [0, 0.1) is 11.3 Å². The van der Waals surface area contributed by atoms with Gasteiger partial charge in [-0.2, -0.15) is 15.2 Å². The molecule has 7 rings (SSSR count). The predicted octanol–water partition coefficient (Wildman–Crippen LogP) is 2.73. The Hall–Kier alpha value is -3.72. The van der Waals surface area contributed by atoms with Gasteiger partial charge >= 0.3 is 0 Å². The second-order valence-electron chi connectivity index (χ2n) is 12.4. The van der Waals surface area contributed by atoms with Crippen LogP contribution in [-0.2, 0) is 18.3 Å². The molecule has 1 spiro atoms. The highest BCUT2D eigenvalue weighted by molar-refractivity contribution is 5.68. The zero-order valence-corrected chi connectivity index (χ0v) is 24.2. The van der Waals surface area contributed by atoms with Crippen LogP contribution in [0.4, 0.5) is 5.69 Å². The van der Waals surface area contributed by atoms with Gasteiger partial charge in [0.25, 0.3) is 0 Å². The second kappa shape index (κ2) is 10.2. The molecule has 3 unspecified atom stereocenters. The molecule has 11 heteroatoms. The minimum atomic E-state index is -0.929. The van der Waals surface area contributed by atoms with Gasteiger partial charge in [0, 0.05) is 30.4 Å². The first-order chi connectivity index (χ1) is 20.3. The smallest absolute Gasteiger partial charge is 0.221 e. The van der Waals surface area contributed by atoms with Gasteiger partial charge in [0.1, 0.15) is 24.4 Å². The van der Waals surface area contributed by atoms with E-state index in [9.17, 15) is 10.4 Å². The molecule has 0 amide bonds. The van der Waals surface area contributed by atoms with Crippen LogP contribution in [0.2, 0.25) is 0 Å². The molecule has 0 bridgehead atoms. The lowest BCUT2D eigenvalue weighted by Gasteiger charge is -2.36. The third-order valence-electron chi connectivity index (χ3n) is 9.70. The number of benzene rings is 1. The largest absolute Gasteiger partial charge is 0.474 e. The Balaban J connectivity index is 1.27. The quantitative estimate of drug-likeness (QED) is 0.358. The Morgan fingerprint density at radius 1 is 1.24 bits per heavy atom. The molecule has 0 radical (unpaired) electrons. The maximum Gasteiger partial charge on any atom is 0.221 e. The SMILES string of the molecule is CC(Oc1cc(OCC2(O)CNC2)nc(-c2noc3c2CCCC32CCc3ccc(N)c(C#N)c32)n1)C1CCCN1C. The molecule has 2 fully saturated rings. The molecule has 0 saturated carbocycles. The Morgan fingerprint density at radius 3 is 2.81 bits per heavy atom. The number of nitrogens with one attached hydrogen (secondary N) is 1. The fraction of sp³-hybridized carbons (Fsp3) is 0.548. The topological polar surface area (TPSA) is 156 Å². The summed E-state index contributed by atoms with van der Waals surface area (Å²) in [5.41, 5.74) is 9.54. The summed E-state index contributed by atoms with van der Waals surface area (Å²) >= 11 is 0. The molecule has 3 atom stereocenters. The summed E-state index contributed by atoms with van der Waals surface area (Å²) in [6.45, 7) is 4.15. The van der Waals surface area contributed by atoms with E-state index >= 15 is 0 Å². The molecule has 3 aromatic rings. The van der Waals surface area contributed by atoms with E-state index in [2.05, 4.69) is 35.4 Å². The minimum absolute atomic E-state index is 0.0903. The van der Waals surface area contributed by atoms with E-state index < -0.39 is 11.0 Å². The number of aliphatic hydroxyl groups is 1. The molecule has 220 valence electrons. The molecule has 42 heavy (non-hydrogen) atoms. The number of rotatable bonds is 7. The van der Waals surface area contributed by atoms with E-state index in [4.69, 9.17) is 29.7 Å². The fourth-order valence-corrected chi connectivity index (χ4v) is 7.43. The Bertz CT molecular complexity index is 1560. The molecule has 4 N–H and O–H groups in total. The number of nitrogens with two attached hydrogens (primary N) is 1. The number of hydrogen-bond acceptors (Lipinski definition) is 11. The lowest BCUT2D eigenvalue weighted by molar-refractivity contribution is -0.0467. The zero-order chi connectivity index (χ0) is 29.1. The van der Waals surface area contributed by atoms with Crippen molar-refractivity contribution in [3.63, 3.8) is 0 Å². The number of nitriles is 1. The van der Waals surface area contributed by atoms with Crippen molar-refractivity contribution in [2.75, 3.05) is 39.0 Å². The van der Waals surface area contributed by atoms with Crippen LogP contribution < -0.4 is 20.5 Å². The van der Waals surface area contributed by atoms with Crippen LogP contribution in [-0.4, -0.2) is 76.2 Å². The summed E-state index contributed by atoms with van der Waals surface area (Å²) in [6, 6.07) is 8.20. The van der Waals surface area contributed by atoms with Crippen molar-refractivity contribution in [1.29, 1.82) is 5.26 Å². The van der Waals surface area contributed by atoms with Crippen molar-refractivity contribution in [2.24, 2.45) is 0 Å². The molecule has 2 saturated heterocycles. The molecule has 1 aromatic carbocycles.